The number of imidazole rings is 1. The lowest BCUT2D eigenvalue weighted by Crippen LogP contribution is -2.03. The van der Waals surface area contributed by atoms with Crippen LogP contribution in [0.3, 0.4) is 0 Å². The van der Waals surface area contributed by atoms with Gasteiger partial charge in [-0.1, -0.05) is 11.6 Å². The predicted molar refractivity (Wildman–Crippen MR) is 58.4 cm³/mol. The van der Waals surface area contributed by atoms with Crippen molar-refractivity contribution < 1.29 is 4.74 Å². The number of nitrogens with zero attached hydrogens (tertiary/aromatic N) is 2. The van der Waals surface area contributed by atoms with Crippen LogP contribution in [-0.2, 0) is 4.74 Å². The van der Waals surface area contributed by atoms with Crippen LogP contribution >= 0.6 is 11.6 Å². The first-order valence-electron chi connectivity index (χ1n) is 5.05. The van der Waals surface area contributed by atoms with Gasteiger partial charge in [0.05, 0.1) is 23.3 Å². The fraction of sp³-hybridized carbons (Fsp3) is 0.364. The van der Waals surface area contributed by atoms with E-state index in [4.69, 9.17) is 16.3 Å². The zero-order valence-electron chi connectivity index (χ0n) is 8.19. The van der Waals surface area contributed by atoms with Gasteiger partial charge in [0.2, 0.25) is 0 Å². The molecule has 1 unspecified atom stereocenters. The third-order valence-corrected chi connectivity index (χ3v) is 3.16. The molecule has 0 radical (unpaired) electrons. The number of hydrogen-bond donors (Lipinski definition) is 0. The molecule has 0 bridgehead atoms. The second-order valence-corrected chi connectivity index (χ2v) is 4.20. The summed E-state index contributed by atoms with van der Waals surface area (Å²) in [5, 5.41) is 0.746. The number of ether oxygens (including phenoxy) is 1. The van der Waals surface area contributed by atoms with Crippen molar-refractivity contribution in [1.82, 2.24) is 9.38 Å². The summed E-state index contributed by atoms with van der Waals surface area (Å²) in [7, 11) is 0. The Morgan fingerprint density at radius 3 is 3.27 bits per heavy atom. The molecule has 3 nitrogen and oxygen atoms in total. The van der Waals surface area contributed by atoms with Crippen LogP contribution in [0.1, 0.15) is 18.2 Å². The van der Waals surface area contributed by atoms with Crippen molar-refractivity contribution >= 4 is 17.1 Å². The van der Waals surface area contributed by atoms with Crippen LogP contribution in [0.15, 0.2) is 24.5 Å². The van der Waals surface area contributed by atoms with Crippen LogP contribution in [-0.4, -0.2) is 22.6 Å². The van der Waals surface area contributed by atoms with Gasteiger partial charge >= 0.3 is 0 Å². The number of halogens is 1. The lowest BCUT2D eigenvalue weighted by atomic mass is 10.1. The minimum Gasteiger partial charge on any atom is -0.381 e. The predicted octanol–water partition coefficient (Wildman–Crippen LogP) is 2.49. The summed E-state index contributed by atoms with van der Waals surface area (Å²) in [5.41, 5.74) is 0.973. The van der Waals surface area contributed by atoms with Gasteiger partial charge in [0.15, 0.2) is 0 Å². The Morgan fingerprint density at radius 2 is 2.47 bits per heavy atom. The van der Waals surface area contributed by atoms with Crippen LogP contribution in [0.25, 0.3) is 5.52 Å². The van der Waals surface area contributed by atoms with E-state index in [1.807, 2.05) is 24.5 Å². The Morgan fingerprint density at radius 1 is 1.53 bits per heavy atom. The van der Waals surface area contributed by atoms with Gasteiger partial charge in [0.25, 0.3) is 0 Å². The van der Waals surface area contributed by atoms with E-state index >= 15 is 0 Å². The van der Waals surface area contributed by atoms with E-state index in [1.165, 1.54) is 0 Å². The first kappa shape index (κ1) is 9.19. The molecule has 1 aliphatic heterocycles. The molecule has 78 valence electrons. The maximum atomic E-state index is 6.08. The molecule has 2 aromatic heterocycles. The quantitative estimate of drug-likeness (QED) is 0.741. The first-order valence-corrected chi connectivity index (χ1v) is 5.43. The summed E-state index contributed by atoms with van der Waals surface area (Å²) in [5.74, 6) is 1.47. The largest absolute Gasteiger partial charge is 0.381 e. The summed E-state index contributed by atoms with van der Waals surface area (Å²) < 4.78 is 7.43. The standard InChI is InChI=1S/C11H11ClN2O/c12-9-2-1-4-14-10(9)6-13-11(14)8-3-5-15-7-8/h1-2,4,6,8H,3,5,7H2. The highest BCUT2D eigenvalue weighted by Gasteiger charge is 2.22. The van der Waals surface area contributed by atoms with Crippen molar-refractivity contribution in [1.29, 1.82) is 0 Å². The molecule has 0 amide bonds. The average Bonchev–Trinajstić information content (AvgIpc) is 2.85. The Hall–Kier alpha value is -1.06. The fourth-order valence-electron chi connectivity index (χ4n) is 2.05. The summed E-state index contributed by atoms with van der Waals surface area (Å²) in [6.45, 7) is 1.60. The monoisotopic (exact) mass is 222 g/mol. The van der Waals surface area contributed by atoms with Crippen molar-refractivity contribution in [3.63, 3.8) is 0 Å². The molecule has 2 aromatic rings. The number of hydrogen-bond acceptors (Lipinski definition) is 2. The molecular formula is C11H11ClN2O. The lowest BCUT2D eigenvalue weighted by Gasteiger charge is -2.06. The topological polar surface area (TPSA) is 26.5 Å². The molecule has 15 heavy (non-hydrogen) atoms. The maximum Gasteiger partial charge on any atom is 0.118 e. The van der Waals surface area contributed by atoms with Gasteiger partial charge in [0, 0.05) is 18.7 Å². The van der Waals surface area contributed by atoms with Crippen LogP contribution in [0.5, 0.6) is 0 Å². The molecular weight excluding hydrogens is 212 g/mol. The molecule has 4 heteroatoms. The van der Waals surface area contributed by atoms with E-state index < -0.39 is 0 Å². The van der Waals surface area contributed by atoms with Crippen LogP contribution < -0.4 is 0 Å². The number of rotatable bonds is 1. The second kappa shape index (κ2) is 3.51. The highest BCUT2D eigenvalue weighted by molar-refractivity contribution is 6.33. The molecule has 1 aliphatic rings. The molecule has 0 spiro atoms. The average molecular weight is 223 g/mol. The number of fused-ring (bicyclic) bond motifs is 1. The highest BCUT2D eigenvalue weighted by atomic mass is 35.5. The normalized spacial score (nSPS) is 21.3. The Bertz CT molecular complexity index is 488. The van der Waals surface area contributed by atoms with Crippen LogP contribution in [0.4, 0.5) is 0 Å². The summed E-state index contributed by atoms with van der Waals surface area (Å²) >= 11 is 6.08. The van der Waals surface area contributed by atoms with Gasteiger partial charge in [0.1, 0.15) is 5.82 Å². The third kappa shape index (κ3) is 1.43. The Balaban J connectivity index is 2.15. The van der Waals surface area contributed by atoms with E-state index in [-0.39, 0.29) is 0 Å². The molecule has 0 aromatic carbocycles. The third-order valence-electron chi connectivity index (χ3n) is 2.84. The molecule has 3 rings (SSSR count). The number of aromatic nitrogens is 2. The van der Waals surface area contributed by atoms with E-state index in [2.05, 4.69) is 9.38 Å². The first-order chi connectivity index (χ1) is 7.36. The van der Waals surface area contributed by atoms with Crippen molar-refractivity contribution in [3.05, 3.63) is 35.4 Å². The molecule has 1 saturated heterocycles. The summed E-state index contributed by atoms with van der Waals surface area (Å²) in [6.07, 6.45) is 4.88. The number of pyridine rings is 1. The summed E-state index contributed by atoms with van der Waals surface area (Å²) in [6, 6.07) is 3.82. The van der Waals surface area contributed by atoms with E-state index in [9.17, 15) is 0 Å². The molecule has 0 aliphatic carbocycles. The SMILES string of the molecule is Clc1cccn2c(C3CCOC3)ncc12. The second-order valence-electron chi connectivity index (χ2n) is 3.79. The molecule has 0 saturated carbocycles. The van der Waals surface area contributed by atoms with Crippen molar-refractivity contribution in [2.75, 3.05) is 13.2 Å². The fourth-order valence-corrected chi connectivity index (χ4v) is 2.26. The Kier molecular flexibility index (Phi) is 2.15. The lowest BCUT2D eigenvalue weighted by molar-refractivity contribution is 0.193. The van der Waals surface area contributed by atoms with E-state index in [0.717, 1.165) is 36.0 Å². The zero-order chi connectivity index (χ0) is 10.3. The zero-order valence-corrected chi connectivity index (χ0v) is 8.94. The maximum absolute atomic E-state index is 6.08. The van der Waals surface area contributed by atoms with Crippen molar-refractivity contribution in [2.45, 2.75) is 12.3 Å². The van der Waals surface area contributed by atoms with E-state index in [1.54, 1.807) is 0 Å². The Labute approximate surface area is 92.6 Å². The van der Waals surface area contributed by atoms with Gasteiger partial charge in [-0.25, -0.2) is 4.98 Å². The molecule has 0 N–H and O–H groups in total. The minimum absolute atomic E-state index is 0.408. The van der Waals surface area contributed by atoms with Crippen molar-refractivity contribution in [3.8, 4) is 0 Å². The summed E-state index contributed by atoms with van der Waals surface area (Å²) in [4.78, 5) is 4.44. The van der Waals surface area contributed by atoms with Crippen LogP contribution in [0.2, 0.25) is 5.02 Å². The van der Waals surface area contributed by atoms with Crippen molar-refractivity contribution in [2.24, 2.45) is 0 Å². The molecule has 3 heterocycles. The molecule has 1 fully saturated rings. The smallest absolute Gasteiger partial charge is 0.118 e. The van der Waals surface area contributed by atoms with E-state index in [0.29, 0.717) is 5.92 Å². The van der Waals surface area contributed by atoms with Crippen LogP contribution in [0, 0.1) is 0 Å². The highest BCUT2D eigenvalue weighted by Crippen LogP contribution is 2.27. The van der Waals surface area contributed by atoms with Gasteiger partial charge in [-0.05, 0) is 18.6 Å². The molecule has 1 atom stereocenters. The van der Waals surface area contributed by atoms with Gasteiger partial charge < -0.3 is 9.14 Å². The minimum atomic E-state index is 0.408. The van der Waals surface area contributed by atoms with Gasteiger partial charge in [-0.3, -0.25) is 0 Å². The van der Waals surface area contributed by atoms with Gasteiger partial charge in [-0.15, -0.1) is 0 Å². The van der Waals surface area contributed by atoms with Gasteiger partial charge in [-0.2, -0.15) is 0 Å².